The average molecular weight is 688 g/mol. The molecule has 218 valence electrons. The summed E-state index contributed by atoms with van der Waals surface area (Å²) in [5, 5.41) is 33.2. The van der Waals surface area contributed by atoms with Crippen molar-refractivity contribution in [3.63, 3.8) is 0 Å². The van der Waals surface area contributed by atoms with Crippen LogP contribution >= 0.6 is 31.9 Å². The van der Waals surface area contributed by atoms with Gasteiger partial charge in [-0.25, -0.2) is 9.59 Å². The number of phenolic OH excluding ortho intramolecular Hbond substituents is 2. The van der Waals surface area contributed by atoms with E-state index < -0.39 is 17.5 Å². The fourth-order valence-electron chi connectivity index (χ4n) is 6.23. The predicted octanol–water partition coefficient (Wildman–Crippen LogP) is 8.59. The lowest BCUT2D eigenvalue weighted by Gasteiger charge is -2.36. The molecule has 0 aromatic heterocycles. The monoisotopic (exact) mass is 686 g/mol. The summed E-state index contributed by atoms with van der Waals surface area (Å²) in [6, 6.07) is 7.65. The molecule has 3 aromatic rings. The molecule has 4 rings (SSSR count). The molecule has 1 heterocycles. The largest absolute Gasteiger partial charge is 0.507 e. The maximum absolute atomic E-state index is 13.7. The highest BCUT2D eigenvalue weighted by Crippen LogP contribution is 2.56. The molecular weight excluding hydrogens is 652 g/mol. The van der Waals surface area contributed by atoms with Gasteiger partial charge in [0, 0.05) is 14.5 Å². The number of aromatic carboxylic acids is 1. The third kappa shape index (κ3) is 5.29. The van der Waals surface area contributed by atoms with Crippen molar-refractivity contribution in [2.24, 2.45) is 0 Å². The quantitative estimate of drug-likeness (QED) is 0.175. The highest BCUT2D eigenvalue weighted by atomic mass is 79.9. The van der Waals surface area contributed by atoms with Gasteiger partial charge in [-0.15, -0.1) is 0 Å². The zero-order valence-electron chi connectivity index (χ0n) is 23.9. The molecular formula is C33H36Br2O6. The van der Waals surface area contributed by atoms with E-state index in [9.17, 15) is 24.9 Å². The van der Waals surface area contributed by atoms with Gasteiger partial charge in [-0.1, -0.05) is 91.3 Å². The molecule has 0 saturated heterocycles. The number of carboxylic acid groups (broad SMARTS) is 1. The van der Waals surface area contributed by atoms with Gasteiger partial charge in [0.05, 0.1) is 22.3 Å². The van der Waals surface area contributed by atoms with Gasteiger partial charge >= 0.3 is 11.9 Å². The predicted molar refractivity (Wildman–Crippen MR) is 166 cm³/mol. The van der Waals surface area contributed by atoms with E-state index in [2.05, 4.69) is 59.6 Å². The number of phenols is 2. The highest BCUT2D eigenvalue weighted by Gasteiger charge is 2.54. The van der Waals surface area contributed by atoms with Crippen LogP contribution in [-0.2, 0) is 36.0 Å². The number of benzene rings is 3. The van der Waals surface area contributed by atoms with E-state index in [1.165, 1.54) is 12.1 Å². The molecule has 6 nitrogen and oxygen atoms in total. The molecule has 0 aliphatic carbocycles. The van der Waals surface area contributed by atoms with Gasteiger partial charge in [-0.3, -0.25) is 0 Å². The van der Waals surface area contributed by atoms with Crippen molar-refractivity contribution in [2.75, 3.05) is 0 Å². The van der Waals surface area contributed by atoms with E-state index in [1.54, 1.807) is 18.2 Å². The number of esters is 1. The van der Waals surface area contributed by atoms with Crippen LogP contribution in [0.5, 0.6) is 11.5 Å². The Morgan fingerprint density at radius 2 is 1.20 bits per heavy atom. The van der Waals surface area contributed by atoms with Crippen LogP contribution in [0.1, 0.15) is 113 Å². The third-order valence-electron chi connectivity index (χ3n) is 7.76. The van der Waals surface area contributed by atoms with Crippen LogP contribution < -0.4 is 0 Å². The molecule has 0 saturated carbocycles. The van der Waals surface area contributed by atoms with Crippen molar-refractivity contribution < 1.29 is 29.6 Å². The Balaban J connectivity index is 2.29. The minimum absolute atomic E-state index is 0.0440. The third-order valence-corrected chi connectivity index (χ3v) is 9.18. The van der Waals surface area contributed by atoms with E-state index in [1.807, 2.05) is 0 Å². The first-order valence-corrected chi connectivity index (χ1v) is 15.8. The van der Waals surface area contributed by atoms with Crippen molar-refractivity contribution >= 4 is 43.8 Å². The second-order valence-electron chi connectivity index (χ2n) is 10.6. The smallest absolute Gasteiger partial charge is 0.340 e. The topological polar surface area (TPSA) is 104 Å². The zero-order valence-corrected chi connectivity index (χ0v) is 27.0. The van der Waals surface area contributed by atoms with Gasteiger partial charge < -0.3 is 20.1 Å². The SMILES string of the molecule is CCCc1c(Br)cc(O)c(C2(c3c(O)cc(Br)c(CCC)c3CCC)OC(=O)c3cc(C(=O)O)ccc32)c1CCC. The van der Waals surface area contributed by atoms with Crippen LogP contribution in [0.25, 0.3) is 0 Å². The normalized spacial score (nSPS) is 13.8. The maximum Gasteiger partial charge on any atom is 0.340 e. The lowest BCUT2D eigenvalue weighted by atomic mass is 9.72. The minimum atomic E-state index is -1.70. The number of carboxylic acids is 1. The minimum Gasteiger partial charge on any atom is -0.507 e. The Kier molecular flexibility index (Phi) is 9.54. The van der Waals surface area contributed by atoms with E-state index >= 15 is 0 Å². The van der Waals surface area contributed by atoms with Crippen LogP contribution in [0.4, 0.5) is 0 Å². The number of ether oxygens (including phenoxy) is 1. The molecule has 0 amide bonds. The number of cyclic esters (lactones) is 1. The molecule has 3 aromatic carbocycles. The fraction of sp³-hybridized carbons (Fsp3) is 0.394. The van der Waals surface area contributed by atoms with Crippen molar-refractivity contribution in [3.8, 4) is 11.5 Å². The van der Waals surface area contributed by atoms with Crippen LogP contribution in [0.3, 0.4) is 0 Å². The Bertz CT molecular complexity index is 1440. The molecule has 3 N–H and O–H groups in total. The van der Waals surface area contributed by atoms with E-state index in [0.717, 1.165) is 69.7 Å². The molecule has 0 fully saturated rings. The summed E-state index contributed by atoms with van der Waals surface area (Å²) in [6.45, 7) is 8.27. The molecule has 0 bridgehead atoms. The summed E-state index contributed by atoms with van der Waals surface area (Å²) in [5.41, 5.74) is 3.33. The number of halogens is 2. The van der Waals surface area contributed by atoms with E-state index in [4.69, 9.17) is 4.74 Å². The average Bonchev–Trinajstić information content (AvgIpc) is 3.20. The lowest BCUT2D eigenvalue weighted by molar-refractivity contribution is 0.0233. The van der Waals surface area contributed by atoms with Gasteiger partial charge in [0.1, 0.15) is 11.5 Å². The number of fused-ring (bicyclic) bond motifs is 1. The van der Waals surface area contributed by atoms with Crippen molar-refractivity contribution in [2.45, 2.75) is 84.7 Å². The first-order chi connectivity index (χ1) is 19.6. The second-order valence-corrected chi connectivity index (χ2v) is 12.3. The van der Waals surface area contributed by atoms with Gasteiger partial charge in [-0.05, 0) is 72.2 Å². The van der Waals surface area contributed by atoms with E-state index in [-0.39, 0.29) is 22.6 Å². The van der Waals surface area contributed by atoms with Crippen LogP contribution in [0.2, 0.25) is 0 Å². The van der Waals surface area contributed by atoms with Gasteiger partial charge in [0.25, 0.3) is 0 Å². The molecule has 1 aliphatic rings. The molecule has 8 heteroatoms. The Hall–Kier alpha value is -2.84. The molecule has 0 radical (unpaired) electrons. The standard InChI is InChI=1S/C33H36Br2O6/c1-5-9-19-21(11-7-3)29(27(36)16-25(19)34)33(24-14-13-18(31(38)39)15-23(24)32(40)41-33)30-22(12-8-4)20(10-6-2)26(35)17-28(30)37/h13-17,36-37H,5-12H2,1-4H3,(H,38,39). The van der Waals surface area contributed by atoms with Crippen LogP contribution in [0.15, 0.2) is 39.3 Å². The Labute approximate surface area is 258 Å². The van der Waals surface area contributed by atoms with Gasteiger partial charge in [0.15, 0.2) is 5.60 Å². The summed E-state index contributed by atoms with van der Waals surface area (Å²) in [5.74, 6) is -1.99. The first-order valence-electron chi connectivity index (χ1n) is 14.3. The second kappa shape index (κ2) is 12.6. The first kappa shape index (κ1) is 31.1. The molecule has 0 unspecified atom stereocenters. The van der Waals surface area contributed by atoms with Gasteiger partial charge in [0.2, 0.25) is 0 Å². The zero-order chi connectivity index (χ0) is 30.1. The van der Waals surface area contributed by atoms with Crippen LogP contribution in [-0.4, -0.2) is 27.3 Å². The molecule has 0 atom stereocenters. The summed E-state index contributed by atoms with van der Waals surface area (Å²) >= 11 is 7.32. The summed E-state index contributed by atoms with van der Waals surface area (Å²) in [6.07, 6.45) is 5.91. The molecule has 0 spiro atoms. The highest BCUT2D eigenvalue weighted by molar-refractivity contribution is 9.10. The lowest BCUT2D eigenvalue weighted by Crippen LogP contribution is -2.33. The number of aromatic hydroxyl groups is 2. The number of rotatable bonds is 11. The van der Waals surface area contributed by atoms with E-state index in [0.29, 0.717) is 29.5 Å². The molecule has 41 heavy (non-hydrogen) atoms. The number of hydrogen-bond acceptors (Lipinski definition) is 5. The maximum atomic E-state index is 13.7. The van der Waals surface area contributed by atoms with Crippen LogP contribution in [0, 0.1) is 0 Å². The van der Waals surface area contributed by atoms with Crippen molar-refractivity contribution in [1.82, 2.24) is 0 Å². The van der Waals surface area contributed by atoms with Crippen molar-refractivity contribution in [1.29, 1.82) is 0 Å². The van der Waals surface area contributed by atoms with Gasteiger partial charge in [-0.2, -0.15) is 0 Å². The Morgan fingerprint density at radius 1 is 0.756 bits per heavy atom. The summed E-state index contributed by atoms with van der Waals surface area (Å²) in [4.78, 5) is 25.6. The summed E-state index contributed by atoms with van der Waals surface area (Å²) < 4.78 is 7.96. The number of carbonyl (C=O) groups is 2. The Morgan fingerprint density at radius 3 is 1.61 bits per heavy atom. The number of carbonyl (C=O) groups excluding carboxylic acids is 1. The number of hydrogen-bond donors (Lipinski definition) is 3. The fourth-order valence-corrected chi connectivity index (χ4v) is 7.54. The molecule has 1 aliphatic heterocycles. The van der Waals surface area contributed by atoms with Crippen molar-refractivity contribution in [3.05, 3.63) is 89.3 Å². The summed E-state index contributed by atoms with van der Waals surface area (Å²) in [7, 11) is 0.